The van der Waals surface area contributed by atoms with E-state index < -0.39 is 0 Å². The zero-order valence-corrected chi connectivity index (χ0v) is 27.8. The fraction of sp³-hybridized carbons (Fsp3) is 0. The quantitative estimate of drug-likeness (QED) is 0.165. The fourth-order valence-electron chi connectivity index (χ4n) is 6.13. The van der Waals surface area contributed by atoms with Gasteiger partial charge >= 0.3 is 260 Å². The van der Waals surface area contributed by atoms with Gasteiger partial charge in [0.1, 0.15) is 0 Å². The van der Waals surface area contributed by atoms with Gasteiger partial charge in [0.25, 0.3) is 0 Å². The van der Waals surface area contributed by atoms with Crippen molar-refractivity contribution < 1.29 is 0 Å². The molecule has 0 saturated carbocycles. The van der Waals surface area contributed by atoms with Crippen LogP contribution in [0.2, 0.25) is 0 Å². The van der Waals surface area contributed by atoms with Gasteiger partial charge in [-0.25, -0.2) is 0 Å². The molecule has 6 heterocycles. The molecule has 0 amide bonds. The van der Waals surface area contributed by atoms with E-state index in [1.54, 1.807) is 16.6 Å². The molecule has 0 bridgehead atoms. The van der Waals surface area contributed by atoms with Crippen molar-refractivity contribution in [3.63, 3.8) is 0 Å². The molecule has 0 saturated heterocycles. The van der Waals surface area contributed by atoms with Crippen molar-refractivity contribution in [2.24, 2.45) is 0 Å². The van der Waals surface area contributed by atoms with Crippen LogP contribution in [0.3, 0.4) is 0 Å². The monoisotopic (exact) mass is 702 g/mol. The topological polar surface area (TPSA) is 0 Å². The number of thiophene rings is 4. The van der Waals surface area contributed by atoms with E-state index in [0.29, 0.717) is 0 Å². The molecule has 0 atom stereocenters. The van der Waals surface area contributed by atoms with Crippen LogP contribution >= 0.6 is 45.3 Å². The first kappa shape index (κ1) is 23.2. The minimum absolute atomic E-state index is 0.0895. The van der Waals surface area contributed by atoms with Gasteiger partial charge in [0.05, 0.1) is 0 Å². The molecule has 8 aromatic rings. The number of fused-ring (bicyclic) bond motifs is 12. The van der Waals surface area contributed by atoms with Gasteiger partial charge in [0.2, 0.25) is 0 Å². The van der Waals surface area contributed by atoms with E-state index in [1.807, 2.05) is 45.3 Å². The Morgan fingerprint density at radius 2 is 0.725 bits per heavy atom. The van der Waals surface area contributed by atoms with Crippen LogP contribution in [0.15, 0.2) is 97.1 Å². The van der Waals surface area contributed by atoms with Crippen LogP contribution < -0.4 is 17.8 Å². The minimum atomic E-state index is -0.0895. The van der Waals surface area contributed by atoms with Gasteiger partial charge in [-0.1, -0.05) is 0 Å². The summed E-state index contributed by atoms with van der Waals surface area (Å²) in [5.41, 5.74) is 3.02. The molecule has 2 aliphatic heterocycles. The Bertz CT molecular complexity index is 2480. The SMILES string of the molecule is c1ccc2c3c(sc2c1)C(C1=c2sc4ccccc4c2=[As]c2c1sc1ccccc21)=c1sc2ccccc2c1=[As]3. The van der Waals surface area contributed by atoms with Crippen molar-refractivity contribution in [3.05, 3.63) is 124 Å². The molecule has 0 spiro atoms. The van der Waals surface area contributed by atoms with Crippen LogP contribution in [0.5, 0.6) is 0 Å². The molecule has 40 heavy (non-hydrogen) atoms. The molecule has 0 N–H and O–H groups in total. The second-order valence-corrected chi connectivity index (χ2v) is 19.0. The molecular weight excluding hydrogens is 686 g/mol. The Balaban J connectivity index is 1.50. The summed E-state index contributed by atoms with van der Waals surface area (Å²) < 4.78 is 15.2. The number of rotatable bonds is 1. The van der Waals surface area contributed by atoms with Crippen molar-refractivity contribution in [3.8, 4) is 0 Å². The molecule has 0 fully saturated rings. The molecule has 6 heteroatoms. The van der Waals surface area contributed by atoms with Crippen LogP contribution in [-0.2, 0) is 0 Å². The molecule has 186 valence electrons. The third-order valence-electron chi connectivity index (χ3n) is 7.88. The Morgan fingerprint density at radius 1 is 0.375 bits per heavy atom. The van der Waals surface area contributed by atoms with E-state index in [4.69, 9.17) is 0 Å². The van der Waals surface area contributed by atoms with Crippen LogP contribution in [0, 0.1) is 7.90 Å². The third kappa shape index (κ3) is 3.08. The van der Waals surface area contributed by atoms with Crippen LogP contribution in [0.25, 0.3) is 51.5 Å². The van der Waals surface area contributed by atoms with Crippen LogP contribution in [-0.4, -0.2) is 30.6 Å². The van der Waals surface area contributed by atoms with E-state index >= 15 is 0 Å². The Kier molecular flexibility index (Phi) is 4.95. The van der Waals surface area contributed by atoms with Gasteiger partial charge in [-0.15, -0.1) is 0 Å². The first-order valence-corrected chi connectivity index (χ1v) is 20.1. The second kappa shape index (κ2) is 8.55. The zero-order chi connectivity index (χ0) is 25.9. The molecule has 0 nitrogen and oxygen atoms in total. The van der Waals surface area contributed by atoms with E-state index in [0.717, 1.165) is 0 Å². The van der Waals surface area contributed by atoms with Crippen molar-refractivity contribution in [2.75, 3.05) is 0 Å². The first-order valence-electron chi connectivity index (χ1n) is 13.1. The Morgan fingerprint density at radius 3 is 1.15 bits per heavy atom. The summed E-state index contributed by atoms with van der Waals surface area (Å²) in [5.74, 6) is 0. The average molecular weight is 703 g/mol. The Labute approximate surface area is 257 Å². The summed E-state index contributed by atoms with van der Waals surface area (Å²) in [6, 6.07) is 36.5. The summed E-state index contributed by atoms with van der Waals surface area (Å²) in [6.45, 7) is 0. The van der Waals surface area contributed by atoms with Gasteiger partial charge in [-0.05, 0) is 0 Å². The fourth-order valence-corrected chi connectivity index (χ4v) is 19.0. The molecular formula is C34H16As2S4. The molecule has 2 aliphatic rings. The molecule has 4 aromatic heterocycles. The molecule has 0 radical (unpaired) electrons. The summed E-state index contributed by atoms with van der Waals surface area (Å²) in [7, 11) is 0. The average Bonchev–Trinajstić information content (AvgIpc) is 3.75. The van der Waals surface area contributed by atoms with Crippen molar-refractivity contribution >= 4 is 136 Å². The predicted molar refractivity (Wildman–Crippen MR) is 180 cm³/mol. The van der Waals surface area contributed by atoms with Crippen LogP contribution in [0.4, 0.5) is 0 Å². The summed E-state index contributed by atoms with van der Waals surface area (Å²) in [5, 5.41) is 5.88. The van der Waals surface area contributed by atoms with Crippen molar-refractivity contribution in [2.45, 2.75) is 0 Å². The third-order valence-corrected chi connectivity index (χ3v) is 19.7. The second-order valence-electron chi connectivity index (χ2n) is 10.1. The van der Waals surface area contributed by atoms with Crippen LogP contribution in [0.1, 0.15) is 9.75 Å². The number of hydrogen-bond donors (Lipinski definition) is 0. The molecule has 10 rings (SSSR count). The zero-order valence-electron chi connectivity index (χ0n) is 20.8. The van der Waals surface area contributed by atoms with Gasteiger partial charge in [0, 0.05) is 0 Å². The summed E-state index contributed by atoms with van der Waals surface area (Å²) in [4.78, 5) is 3.06. The van der Waals surface area contributed by atoms with E-state index in [-0.39, 0.29) is 30.6 Å². The maximum atomic E-state index is 2.36. The van der Waals surface area contributed by atoms with Crippen molar-refractivity contribution in [1.29, 1.82) is 0 Å². The first-order chi connectivity index (χ1) is 19.8. The predicted octanol–water partition coefficient (Wildman–Crippen LogP) is 6.83. The maximum absolute atomic E-state index is 2.36. The van der Waals surface area contributed by atoms with Gasteiger partial charge in [0.15, 0.2) is 0 Å². The van der Waals surface area contributed by atoms with E-state index in [1.165, 1.54) is 70.3 Å². The number of benzene rings is 4. The van der Waals surface area contributed by atoms with Gasteiger partial charge in [-0.3, -0.25) is 0 Å². The molecule has 4 aromatic carbocycles. The Hall–Kier alpha value is -2.42. The standard InChI is InChI=1S/C34H16As2S4/c1-5-13-21-17(9-1)27-31(37-21)25(32-28(35-27)18-10-2-6-14-22(18)38-32)26-33-29(19-11-3-7-15-23(19)39-33)36-30-20-12-4-8-16-24(20)40-34(26)30/h1-16H. The summed E-state index contributed by atoms with van der Waals surface area (Å²) >= 11 is 7.93. The van der Waals surface area contributed by atoms with Crippen molar-refractivity contribution in [1.82, 2.24) is 0 Å². The summed E-state index contributed by atoms with van der Waals surface area (Å²) in [6.07, 6.45) is 0. The number of hydrogen-bond acceptors (Lipinski definition) is 4. The molecule has 0 unspecified atom stereocenters. The van der Waals surface area contributed by atoms with Gasteiger partial charge in [-0.2, -0.15) is 0 Å². The molecule has 0 aliphatic carbocycles. The van der Waals surface area contributed by atoms with Gasteiger partial charge < -0.3 is 0 Å². The van der Waals surface area contributed by atoms with E-state index in [2.05, 4.69) is 97.1 Å². The van der Waals surface area contributed by atoms with E-state index in [9.17, 15) is 0 Å². The normalized spacial score (nSPS) is 14.6.